The van der Waals surface area contributed by atoms with Crippen molar-refractivity contribution in [2.45, 2.75) is 6.04 Å². The minimum atomic E-state index is 0.0706. The summed E-state index contributed by atoms with van der Waals surface area (Å²) in [5.74, 6) is 0.897. The van der Waals surface area contributed by atoms with Gasteiger partial charge in [-0.05, 0) is 19.2 Å². The number of thiazole rings is 1. The Balaban J connectivity index is 2.29. The van der Waals surface area contributed by atoms with E-state index in [4.69, 9.17) is 4.42 Å². The summed E-state index contributed by atoms with van der Waals surface area (Å²) in [5.41, 5.74) is 2.82. The van der Waals surface area contributed by atoms with Crippen LogP contribution in [0.15, 0.2) is 33.7 Å². The summed E-state index contributed by atoms with van der Waals surface area (Å²) in [6, 6.07) is 3.90. The smallest absolute Gasteiger partial charge is 0.126 e. The Labute approximate surface area is 80.4 Å². The summed E-state index contributed by atoms with van der Waals surface area (Å²) < 4.78 is 5.31. The molecule has 4 heteroatoms. The lowest BCUT2D eigenvalue weighted by Crippen LogP contribution is -2.17. The van der Waals surface area contributed by atoms with E-state index in [1.54, 1.807) is 17.6 Å². The minimum absolute atomic E-state index is 0.0706. The van der Waals surface area contributed by atoms with Crippen molar-refractivity contribution in [3.8, 4) is 0 Å². The Kier molecular flexibility index (Phi) is 2.42. The van der Waals surface area contributed by atoms with Gasteiger partial charge in [-0.1, -0.05) is 0 Å². The van der Waals surface area contributed by atoms with E-state index >= 15 is 0 Å². The molecule has 0 saturated heterocycles. The number of hydrogen-bond acceptors (Lipinski definition) is 4. The van der Waals surface area contributed by atoms with Gasteiger partial charge in [0.05, 0.1) is 17.5 Å². The standard InChI is InChI=1S/C9H10N2OS/c1-10-9(7-5-13-6-11-7)8-3-2-4-12-8/h2-6,9-10H,1H3. The zero-order chi connectivity index (χ0) is 9.10. The largest absolute Gasteiger partial charge is 0.467 e. The second kappa shape index (κ2) is 3.72. The molecular formula is C9H10N2OS. The minimum Gasteiger partial charge on any atom is -0.467 e. The molecule has 0 saturated carbocycles. The molecule has 0 bridgehead atoms. The Bertz CT molecular complexity index is 307. The molecule has 0 aliphatic rings. The van der Waals surface area contributed by atoms with Gasteiger partial charge in [-0.25, -0.2) is 4.98 Å². The topological polar surface area (TPSA) is 38.1 Å². The van der Waals surface area contributed by atoms with E-state index in [9.17, 15) is 0 Å². The first kappa shape index (κ1) is 8.47. The lowest BCUT2D eigenvalue weighted by molar-refractivity contribution is 0.459. The quantitative estimate of drug-likeness (QED) is 0.812. The van der Waals surface area contributed by atoms with Gasteiger partial charge >= 0.3 is 0 Å². The van der Waals surface area contributed by atoms with Crippen LogP contribution in [0.4, 0.5) is 0 Å². The molecule has 2 aromatic rings. The molecule has 2 heterocycles. The first-order valence-corrected chi connectivity index (χ1v) is 4.95. The maximum Gasteiger partial charge on any atom is 0.126 e. The average Bonchev–Trinajstić information content (AvgIpc) is 2.76. The van der Waals surface area contributed by atoms with Gasteiger partial charge in [0.25, 0.3) is 0 Å². The van der Waals surface area contributed by atoms with Crippen LogP contribution in [-0.4, -0.2) is 12.0 Å². The van der Waals surface area contributed by atoms with Crippen molar-refractivity contribution in [3.05, 3.63) is 40.7 Å². The van der Waals surface area contributed by atoms with Crippen LogP contribution in [0, 0.1) is 0 Å². The molecule has 0 aliphatic heterocycles. The summed E-state index contributed by atoms with van der Waals surface area (Å²) in [6.45, 7) is 0. The molecule has 2 rings (SSSR count). The van der Waals surface area contributed by atoms with Crippen LogP contribution >= 0.6 is 11.3 Å². The van der Waals surface area contributed by atoms with Crippen LogP contribution in [0.25, 0.3) is 0 Å². The van der Waals surface area contributed by atoms with Crippen LogP contribution in [0.1, 0.15) is 17.5 Å². The fourth-order valence-corrected chi connectivity index (χ4v) is 1.84. The van der Waals surface area contributed by atoms with Crippen molar-refractivity contribution in [1.82, 2.24) is 10.3 Å². The third-order valence-electron chi connectivity index (χ3n) is 1.86. The Hall–Kier alpha value is -1.13. The first-order valence-electron chi connectivity index (χ1n) is 4.00. The van der Waals surface area contributed by atoms with E-state index in [0.29, 0.717) is 0 Å². The zero-order valence-corrected chi connectivity index (χ0v) is 8.04. The van der Waals surface area contributed by atoms with Gasteiger partial charge in [0.15, 0.2) is 0 Å². The molecule has 0 aliphatic carbocycles. The van der Waals surface area contributed by atoms with Gasteiger partial charge in [-0.2, -0.15) is 0 Å². The molecule has 68 valence electrons. The summed E-state index contributed by atoms with van der Waals surface area (Å²) in [7, 11) is 1.90. The molecule has 1 N–H and O–H groups in total. The molecule has 1 unspecified atom stereocenters. The molecule has 3 nitrogen and oxygen atoms in total. The number of aromatic nitrogens is 1. The van der Waals surface area contributed by atoms with E-state index in [2.05, 4.69) is 10.3 Å². The Morgan fingerprint density at radius 1 is 1.62 bits per heavy atom. The van der Waals surface area contributed by atoms with Crippen molar-refractivity contribution >= 4 is 11.3 Å². The van der Waals surface area contributed by atoms with Crippen molar-refractivity contribution in [2.24, 2.45) is 0 Å². The van der Waals surface area contributed by atoms with Crippen molar-refractivity contribution in [2.75, 3.05) is 7.05 Å². The average molecular weight is 194 g/mol. The highest BCUT2D eigenvalue weighted by molar-refractivity contribution is 7.07. The predicted molar refractivity (Wildman–Crippen MR) is 51.7 cm³/mol. The van der Waals surface area contributed by atoms with Crippen molar-refractivity contribution < 1.29 is 4.42 Å². The highest BCUT2D eigenvalue weighted by Crippen LogP contribution is 2.21. The maximum absolute atomic E-state index is 5.31. The van der Waals surface area contributed by atoms with Gasteiger partial charge in [0.1, 0.15) is 11.8 Å². The number of nitrogens with one attached hydrogen (secondary N) is 1. The second-order valence-corrected chi connectivity index (χ2v) is 3.37. The number of rotatable bonds is 3. The van der Waals surface area contributed by atoms with Crippen LogP contribution in [-0.2, 0) is 0 Å². The van der Waals surface area contributed by atoms with E-state index < -0.39 is 0 Å². The van der Waals surface area contributed by atoms with E-state index in [1.165, 1.54) is 0 Å². The van der Waals surface area contributed by atoms with Gasteiger partial charge in [0.2, 0.25) is 0 Å². The third-order valence-corrected chi connectivity index (χ3v) is 2.47. The van der Waals surface area contributed by atoms with E-state index in [0.717, 1.165) is 11.5 Å². The van der Waals surface area contributed by atoms with E-state index in [1.807, 2.05) is 30.1 Å². The Morgan fingerprint density at radius 3 is 3.08 bits per heavy atom. The number of nitrogens with zero attached hydrogens (tertiary/aromatic N) is 1. The summed E-state index contributed by atoms with van der Waals surface area (Å²) in [4.78, 5) is 4.24. The fourth-order valence-electron chi connectivity index (χ4n) is 1.26. The van der Waals surface area contributed by atoms with Gasteiger partial charge in [-0.15, -0.1) is 11.3 Å². The van der Waals surface area contributed by atoms with Gasteiger partial charge in [0, 0.05) is 5.38 Å². The lowest BCUT2D eigenvalue weighted by atomic mass is 10.2. The van der Waals surface area contributed by atoms with Crippen LogP contribution in [0.3, 0.4) is 0 Å². The zero-order valence-electron chi connectivity index (χ0n) is 7.23. The molecule has 0 radical (unpaired) electrons. The molecule has 0 amide bonds. The summed E-state index contributed by atoms with van der Waals surface area (Å²) in [5, 5.41) is 5.17. The third kappa shape index (κ3) is 1.64. The molecule has 1 atom stereocenters. The molecular weight excluding hydrogens is 184 g/mol. The summed E-state index contributed by atoms with van der Waals surface area (Å²) in [6.07, 6.45) is 1.67. The lowest BCUT2D eigenvalue weighted by Gasteiger charge is -2.09. The Morgan fingerprint density at radius 2 is 2.54 bits per heavy atom. The predicted octanol–water partition coefficient (Wildman–Crippen LogP) is 2.04. The SMILES string of the molecule is CNC(c1cscn1)c1ccco1. The molecule has 0 fully saturated rings. The monoisotopic (exact) mass is 194 g/mol. The van der Waals surface area contributed by atoms with Gasteiger partial charge in [-0.3, -0.25) is 0 Å². The highest BCUT2D eigenvalue weighted by Gasteiger charge is 2.15. The second-order valence-electron chi connectivity index (χ2n) is 2.65. The molecule has 13 heavy (non-hydrogen) atoms. The first-order chi connectivity index (χ1) is 6.42. The fraction of sp³-hybridized carbons (Fsp3) is 0.222. The normalized spacial score (nSPS) is 13.0. The summed E-state index contributed by atoms with van der Waals surface area (Å²) >= 11 is 1.59. The highest BCUT2D eigenvalue weighted by atomic mass is 32.1. The molecule has 2 aromatic heterocycles. The van der Waals surface area contributed by atoms with E-state index in [-0.39, 0.29) is 6.04 Å². The molecule has 0 aromatic carbocycles. The van der Waals surface area contributed by atoms with Crippen molar-refractivity contribution in [1.29, 1.82) is 0 Å². The molecule has 0 spiro atoms. The van der Waals surface area contributed by atoms with Crippen LogP contribution in [0.2, 0.25) is 0 Å². The number of hydrogen-bond donors (Lipinski definition) is 1. The van der Waals surface area contributed by atoms with Crippen LogP contribution < -0.4 is 5.32 Å². The maximum atomic E-state index is 5.31. The van der Waals surface area contributed by atoms with Crippen LogP contribution in [0.5, 0.6) is 0 Å². The number of furan rings is 1. The van der Waals surface area contributed by atoms with Gasteiger partial charge < -0.3 is 9.73 Å². The van der Waals surface area contributed by atoms with Crippen molar-refractivity contribution in [3.63, 3.8) is 0 Å².